The Balaban J connectivity index is 3.94. The summed E-state index contributed by atoms with van der Waals surface area (Å²) in [6, 6.07) is 0.503. The second-order valence-corrected chi connectivity index (χ2v) is 3.63. The fraction of sp³-hybridized carbons (Fsp3) is 0. The first kappa shape index (κ1) is 14.5. The van der Waals surface area contributed by atoms with Crippen molar-refractivity contribution in [3.63, 3.8) is 0 Å². The average Bonchev–Trinajstić information content (AvgIpc) is 2.26. The lowest BCUT2D eigenvalue weighted by Crippen LogP contribution is -2.18. The molecule has 0 saturated carbocycles. The van der Waals surface area contributed by atoms with Crippen molar-refractivity contribution in [3.05, 3.63) is 33.3 Å². The summed E-state index contributed by atoms with van der Waals surface area (Å²) in [4.78, 5) is 43.6. The SMILES string of the molecule is O=C(O)c1cc(C(=O)O)c(C(=O)O)c(C(=O)O)c1Cl. The van der Waals surface area contributed by atoms with Crippen LogP contribution in [-0.2, 0) is 0 Å². The zero-order valence-electron chi connectivity index (χ0n) is 8.88. The highest BCUT2D eigenvalue weighted by molar-refractivity contribution is 6.37. The maximum absolute atomic E-state index is 11.0. The molecule has 0 aromatic heterocycles. The van der Waals surface area contributed by atoms with Gasteiger partial charge in [-0.3, -0.25) is 0 Å². The minimum Gasteiger partial charge on any atom is -0.478 e. The maximum Gasteiger partial charge on any atom is 0.338 e. The maximum atomic E-state index is 11.0. The molecular formula is C10H5ClO8. The molecule has 4 N–H and O–H groups in total. The molecule has 0 amide bonds. The van der Waals surface area contributed by atoms with Crippen LogP contribution in [0.1, 0.15) is 41.4 Å². The minimum absolute atomic E-state index is 0.503. The van der Waals surface area contributed by atoms with Crippen LogP contribution in [0.2, 0.25) is 5.02 Å². The van der Waals surface area contributed by atoms with Gasteiger partial charge in [-0.05, 0) is 6.07 Å². The van der Waals surface area contributed by atoms with Gasteiger partial charge in [-0.15, -0.1) is 0 Å². The Bertz CT molecular complexity index is 618. The molecule has 0 saturated heterocycles. The van der Waals surface area contributed by atoms with E-state index in [1.54, 1.807) is 0 Å². The third-order valence-corrected chi connectivity index (χ3v) is 2.55. The number of halogens is 1. The largest absolute Gasteiger partial charge is 0.478 e. The van der Waals surface area contributed by atoms with Gasteiger partial charge in [0, 0.05) is 0 Å². The number of hydrogen-bond donors (Lipinski definition) is 4. The predicted molar refractivity (Wildman–Crippen MR) is 59.3 cm³/mol. The van der Waals surface area contributed by atoms with Crippen LogP contribution >= 0.6 is 11.6 Å². The van der Waals surface area contributed by atoms with Crippen LogP contribution in [0.3, 0.4) is 0 Å². The molecule has 0 aliphatic carbocycles. The number of hydrogen-bond acceptors (Lipinski definition) is 4. The summed E-state index contributed by atoms with van der Waals surface area (Å²) < 4.78 is 0. The molecule has 0 atom stereocenters. The van der Waals surface area contributed by atoms with Crippen LogP contribution in [-0.4, -0.2) is 44.3 Å². The van der Waals surface area contributed by atoms with Gasteiger partial charge in [0.25, 0.3) is 0 Å². The first-order chi connectivity index (χ1) is 8.68. The Kier molecular flexibility index (Phi) is 3.76. The summed E-state index contributed by atoms with van der Waals surface area (Å²) in [7, 11) is 0. The van der Waals surface area contributed by atoms with Gasteiger partial charge in [-0.1, -0.05) is 11.6 Å². The molecule has 0 fully saturated rings. The van der Waals surface area contributed by atoms with E-state index in [9.17, 15) is 19.2 Å². The quantitative estimate of drug-likeness (QED) is 0.644. The Morgan fingerprint density at radius 1 is 0.737 bits per heavy atom. The Morgan fingerprint density at radius 2 is 1.16 bits per heavy atom. The van der Waals surface area contributed by atoms with Gasteiger partial charge >= 0.3 is 23.9 Å². The minimum atomic E-state index is -1.84. The highest BCUT2D eigenvalue weighted by Gasteiger charge is 2.30. The highest BCUT2D eigenvalue weighted by Crippen LogP contribution is 2.28. The molecule has 100 valence electrons. The first-order valence-corrected chi connectivity index (χ1v) is 4.86. The molecular weight excluding hydrogens is 284 g/mol. The summed E-state index contributed by atoms with van der Waals surface area (Å²) in [6.45, 7) is 0. The predicted octanol–water partition coefficient (Wildman–Crippen LogP) is 1.13. The summed E-state index contributed by atoms with van der Waals surface area (Å²) in [6.07, 6.45) is 0. The third kappa shape index (κ3) is 2.47. The van der Waals surface area contributed by atoms with Crippen molar-refractivity contribution < 1.29 is 39.6 Å². The zero-order valence-corrected chi connectivity index (χ0v) is 9.63. The Hall–Kier alpha value is -2.61. The van der Waals surface area contributed by atoms with Crippen LogP contribution in [0.4, 0.5) is 0 Å². The van der Waals surface area contributed by atoms with E-state index in [0.717, 1.165) is 0 Å². The molecule has 0 unspecified atom stereocenters. The number of carboxylic acids is 4. The van der Waals surface area contributed by atoms with Crippen LogP contribution in [0.15, 0.2) is 6.07 Å². The molecule has 1 rings (SSSR count). The molecule has 9 heteroatoms. The topological polar surface area (TPSA) is 149 Å². The number of rotatable bonds is 4. The van der Waals surface area contributed by atoms with Crippen LogP contribution in [0.25, 0.3) is 0 Å². The van der Waals surface area contributed by atoms with Crippen molar-refractivity contribution in [1.82, 2.24) is 0 Å². The molecule has 0 aliphatic heterocycles. The number of carbonyl (C=O) groups is 4. The zero-order chi connectivity index (χ0) is 14.9. The monoisotopic (exact) mass is 288 g/mol. The molecule has 0 radical (unpaired) electrons. The molecule has 19 heavy (non-hydrogen) atoms. The van der Waals surface area contributed by atoms with Crippen molar-refractivity contribution in [2.24, 2.45) is 0 Å². The number of benzene rings is 1. The van der Waals surface area contributed by atoms with E-state index in [4.69, 9.17) is 32.0 Å². The highest BCUT2D eigenvalue weighted by atomic mass is 35.5. The molecule has 1 aromatic carbocycles. The number of aromatic carboxylic acids is 4. The Morgan fingerprint density at radius 3 is 1.47 bits per heavy atom. The van der Waals surface area contributed by atoms with E-state index < -0.39 is 51.2 Å². The van der Waals surface area contributed by atoms with Gasteiger partial charge in [-0.2, -0.15) is 0 Å². The van der Waals surface area contributed by atoms with E-state index >= 15 is 0 Å². The second-order valence-electron chi connectivity index (χ2n) is 3.26. The van der Waals surface area contributed by atoms with Gasteiger partial charge in [0.15, 0.2) is 0 Å². The van der Waals surface area contributed by atoms with Crippen molar-refractivity contribution in [3.8, 4) is 0 Å². The van der Waals surface area contributed by atoms with E-state index in [1.165, 1.54) is 0 Å². The van der Waals surface area contributed by atoms with E-state index in [1.807, 2.05) is 0 Å². The van der Waals surface area contributed by atoms with Gasteiger partial charge in [0.05, 0.1) is 27.3 Å². The number of carboxylic acid groups (broad SMARTS) is 4. The summed E-state index contributed by atoms with van der Waals surface area (Å²) in [5.74, 6) is -7.13. The molecule has 1 aromatic rings. The summed E-state index contributed by atoms with van der Waals surface area (Å²) in [5, 5.41) is 34.5. The van der Waals surface area contributed by atoms with Gasteiger partial charge in [0.2, 0.25) is 0 Å². The van der Waals surface area contributed by atoms with E-state index in [2.05, 4.69) is 0 Å². The van der Waals surface area contributed by atoms with Gasteiger partial charge < -0.3 is 20.4 Å². The van der Waals surface area contributed by atoms with Crippen molar-refractivity contribution in [1.29, 1.82) is 0 Å². The van der Waals surface area contributed by atoms with Crippen LogP contribution in [0, 0.1) is 0 Å². The lowest BCUT2D eigenvalue weighted by Gasteiger charge is -2.10. The summed E-state index contributed by atoms with van der Waals surface area (Å²) >= 11 is 5.51. The van der Waals surface area contributed by atoms with Gasteiger partial charge in [0.1, 0.15) is 0 Å². The molecule has 0 spiro atoms. The smallest absolute Gasteiger partial charge is 0.338 e. The first-order valence-electron chi connectivity index (χ1n) is 4.48. The lowest BCUT2D eigenvalue weighted by molar-refractivity contribution is 0.0631. The van der Waals surface area contributed by atoms with Crippen molar-refractivity contribution in [2.45, 2.75) is 0 Å². The average molecular weight is 289 g/mol. The fourth-order valence-corrected chi connectivity index (χ4v) is 1.72. The van der Waals surface area contributed by atoms with Crippen molar-refractivity contribution in [2.75, 3.05) is 0 Å². The summed E-state index contributed by atoms with van der Waals surface area (Å²) in [5.41, 5.74) is -3.92. The van der Waals surface area contributed by atoms with E-state index in [0.29, 0.717) is 6.07 Å². The normalized spacial score (nSPS) is 9.95. The molecule has 0 bridgehead atoms. The standard InChI is InChI=1S/C10H5ClO8/c11-6-3(8(14)15)1-2(7(12)13)4(9(16)17)5(6)10(18)19/h1H,(H,12,13)(H,14,15)(H,16,17)(H,18,19). The lowest BCUT2D eigenvalue weighted by atomic mass is 9.97. The molecule has 0 heterocycles. The third-order valence-electron chi connectivity index (χ3n) is 2.15. The van der Waals surface area contributed by atoms with Crippen LogP contribution in [0.5, 0.6) is 0 Å². The fourth-order valence-electron chi connectivity index (χ4n) is 1.41. The van der Waals surface area contributed by atoms with Crippen LogP contribution < -0.4 is 0 Å². The molecule has 0 aliphatic rings. The molecule has 8 nitrogen and oxygen atoms in total. The second kappa shape index (κ2) is 4.94. The Labute approximate surface area is 109 Å². The van der Waals surface area contributed by atoms with Crippen molar-refractivity contribution >= 4 is 35.5 Å². The van der Waals surface area contributed by atoms with Gasteiger partial charge in [-0.25, -0.2) is 19.2 Å². The van der Waals surface area contributed by atoms with E-state index in [-0.39, 0.29) is 0 Å².